The molecular formula is C38H58N4O8. The van der Waals surface area contributed by atoms with Gasteiger partial charge in [0.05, 0.1) is 9.85 Å². The second-order valence-electron chi connectivity index (χ2n) is 12.8. The summed E-state index contributed by atoms with van der Waals surface area (Å²) in [6, 6.07) is 12.9. The van der Waals surface area contributed by atoms with E-state index in [2.05, 4.69) is 37.5 Å². The van der Waals surface area contributed by atoms with Crippen molar-refractivity contribution in [3.05, 3.63) is 79.9 Å². The standard InChI is InChI=1S/C38H58N4O8/c1-5-9-27-39(28-10-6-2)35(17-13-15-31-19-23-33(24-20-31)41(45)46)49-37(43)38(44)50-36(40(29-11-7-3)30-12-8-4)18-14-16-32-21-25-34(26-22-32)42(47)48/h19-26,35-36H,5-18,27-30H2,1-4H3. The van der Waals surface area contributed by atoms with Gasteiger partial charge in [-0.15, -0.1) is 0 Å². The van der Waals surface area contributed by atoms with Crippen molar-refractivity contribution in [1.82, 2.24) is 9.80 Å². The number of ether oxygens (including phenoxy) is 2. The van der Waals surface area contributed by atoms with Crippen LogP contribution in [0.4, 0.5) is 11.4 Å². The summed E-state index contributed by atoms with van der Waals surface area (Å²) in [5.74, 6) is -2.01. The molecule has 12 heteroatoms. The maximum Gasteiger partial charge on any atom is 0.419 e. The highest BCUT2D eigenvalue weighted by molar-refractivity contribution is 6.29. The second-order valence-corrected chi connectivity index (χ2v) is 12.8. The van der Waals surface area contributed by atoms with Gasteiger partial charge in [-0.05, 0) is 75.3 Å². The lowest BCUT2D eigenvalue weighted by Gasteiger charge is -2.33. The molecular weight excluding hydrogens is 640 g/mol. The molecule has 0 aliphatic carbocycles. The fraction of sp³-hybridized carbons (Fsp3) is 0.632. The summed E-state index contributed by atoms with van der Waals surface area (Å²) >= 11 is 0. The molecule has 0 radical (unpaired) electrons. The quantitative estimate of drug-likeness (QED) is 0.0309. The highest BCUT2D eigenvalue weighted by atomic mass is 16.6. The molecule has 12 nitrogen and oxygen atoms in total. The first-order valence-corrected chi connectivity index (χ1v) is 18.5. The zero-order chi connectivity index (χ0) is 36.7. The number of aryl methyl sites for hydroxylation is 2. The van der Waals surface area contributed by atoms with Gasteiger partial charge >= 0.3 is 11.9 Å². The number of rotatable bonds is 26. The number of nitro groups is 2. The summed E-state index contributed by atoms with van der Waals surface area (Å²) in [6.45, 7) is 11.3. The second kappa shape index (κ2) is 24.3. The average Bonchev–Trinajstić information content (AvgIpc) is 3.11. The number of esters is 2. The molecule has 0 heterocycles. The molecule has 0 spiro atoms. The minimum absolute atomic E-state index is 0.0389. The monoisotopic (exact) mass is 698 g/mol. The molecule has 0 N–H and O–H groups in total. The maximum absolute atomic E-state index is 13.4. The normalized spacial score (nSPS) is 12.5. The van der Waals surface area contributed by atoms with Crippen molar-refractivity contribution in [1.29, 1.82) is 0 Å². The lowest BCUT2D eigenvalue weighted by molar-refractivity contribution is -0.385. The maximum atomic E-state index is 13.4. The van der Waals surface area contributed by atoms with Gasteiger partial charge in [-0.25, -0.2) is 9.59 Å². The van der Waals surface area contributed by atoms with E-state index in [1.165, 1.54) is 24.3 Å². The third kappa shape index (κ3) is 15.8. The Hall–Kier alpha value is -3.90. The van der Waals surface area contributed by atoms with E-state index in [0.29, 0.717) is 38.5 Å². The van der Waals surface area contributed by atoms with Crippen LogP contribution in [0.1, 0.15) is 116 Å². The summed E-state index contributed by atoms with van der Waals surface area (Å²) in [5, 5.41) is 22.1. The fourth-order valence-electron chi connectivity index (χ4n) is 5.75. The van der Waals surface area contributed by atoms with Crippen LogP contribution in [0, 0.1) is 20.2 Å². The first kappa shape index (κ1) is 42.3. The van der Waals surface area contributed by atoms with Crippen molar-refractivity contribution < 1.29 is 28.9 Å². The number of hydrogen-bond donors (Lipinski definition) is 0. The van der Waals surface area contributed by atoms with Crippen LogP contribution in [0.2, 0.25) is 0 Å². The number of unbranched alkanes of at least 4 members (excludes halogenated alkanes) is 4. The third-order valence-corrected chi connectivity index (χ3v) is 8.79. The molecule has 0 aromatic heterocycles. The number of carbonyl (C=O) groups is 2. The summed E-state index contributed by atoms with van der Waals surface area (Å²) in [7, 11) is 0. The van der Waals surface area contributed by atoms with E-state index in [1.807, 2.05) is 0 Å². The van der Waals surface area contributed by atoms with Crippen molar-refractivity contribution >= 4 is 23.3 Å². The molecule has 0 aliphatic heterocycles. The van der Waals surface area contributed by atoms with E-state index >= 15 is 0 Å². The largest absolute Gasteiger partial charge is 0.438 e. The fourth-order valence-corrected chi connectivity index (χ4v) is 5.75. The predicted molar refractivity (Wildman–Crippen MR) is 195 cm³/mol. The number of non-ortho nitro benzene ring substituents is 2. The van der Waals surface area contributed by atoms with Crippen molar-refractivity contribution in [3.8, 4) is 0 Å². The van der Waals surface area contributed by atoms with Gasteiger partial charge in [0.1, 0.15) is 0 Å². The van der Waals surface area contributed by atoms with E-state index in [9.17, 15) is 29.8 Å². The van der Waals surface area contributed by atoms with Crippen molar-refractivity contribution in [2.45, 2.75) is 130 Å². The Bertz CT molecular complexity index is 1170. The van der Waals surface area contributed by atoms with Crippen molar-refractivity contribution in [3.63, 3.8) is 0 Å². The van der Waals surface area contributed by atoms with Gasteiger partial charge in [-0.3, -0.25) is 30.0 Å². The average molecular weight is 699 g/mol. The van der Waals surface area contributed by atoms with Gasteiger partial charge in [-0.1, -0.05) is 77.6 Å². The van der Waals surface area contributed by atoms with Crippen molar-refractivity contribution in [2.24, 2.45) is 0 Å². The summed E-state index contributed by atoms with van der Waals surface area (Å²) < 4.78 is 11.9. The van der Waals surface area contributed by atoms with E-state index in [1.54, 1.807) is 24.3 Å². The predicted octanol–water partition coefficient (Wildman–Crippen LogP) is 8.39. The van der Waals surface area contributed by atoms with Crippen LogP contribution in [-0.2, 0) is 31.9 Å². The molecule has 2 rings (SSSR count). The first-order chi connectivity index (χ1) is 24.1. The smallest absolute Gasteiger partial charge is 0.419 e. The van der Waals surface area contributed by atoms with Crippen LogP contribution in [-0.4, -0.2) is 70.2 Å². The molecule has 2 aromatic rings. The van der Waals surface area contributed by atoms with Crippen molar-refractivity contribution in [2.75, 3.05) is 26.2 Å². The number of nitrogens with zero attached hydrogens (tertiary/aromatic N) is 4. The molecule has 0 aliphatic rings. The Balaban J connectivity index is 2.19. The highest BCUT2D eigenvalue weighted by Gasteiger charge is 2.30. The molecule has 2 unspecified atom stereocenters. The lowest BCUT2D eigenvalue weighted by Crippen LogP contribution is -2.44. The van der Waals surface area contributed by atoms with E-state index in [0.717, 1.165) is 88.7 Å². The molecule has 2 aromatic carbocycles. The van der Waals surface area contributed by atoms with Crippen LogP contribution in [0.3, 0.4) is 0 Å². The molecule has 0 amide bonds. The van der Waals surface area contributed by atoms with Crippen LogP contribution >= 0.6 is 0 Å². The minimum atomic E-state index is -1.00. The number of carbonyl (C=O) groups excluding carboxylic acids is 2. The summed E-state index contributed by atoms with van der Waals surface area (Å²) in [4.78, 5) is 52.4. The summed E-state index contributed by atoms with van der Waals surface area (Å²) in [6.07, 6.45) is 9.98. The molecule has 0 saturated carbocycles. The topological polar surface area (TPSA) is 145 Å². The van der Waals surface area contributed by atoms with Gasteiger partial charge in [0.2, 0.25) is 0 Å². The Morgan fingerprint density at radius 3 is 1.12 bits per heavy atom. The van der Waals surface area contributed by atoms with E-state index in [-0.39, 0.29) is 11.4 Å². The zero-order valence-electron chi connectivity index (χ0n) is 30.6. The lowest BCUT2D eigenvalue weighted by atomic mass is 10.1. The van der Waals surface area contributed by atoms with Gasteiger partial charge in [0.15, 0.2) is 12.5 Å². The number of benzene rings is 2. The molecule has 0 saturated heterocycles. The van der Waals surface area contributed by atoms with Crippen LogP contribution < -0.4 is 0 Å². The highest BCUT2D eigenvalue weighted by Crippen LogP contribution is 2.20. The minimum Gasteiger partial charge on any atom is -0.438 e. The van der Waals surface area contributed by atoms with E-state index in [4.69, 9.17) is 9.47 Å². The molecule has 2 atom stereocenters. The Labute approximate surface area is 297 Å². The van der Waals surface area contributed by atoms with E-state index < -0.39 is 34.2 Å². The van der Waals surface area contributed by atoms with Gasteiger partial charge in [0, 0.05) is 50.4 Å². The Morgan fingerprint density at radius 2 is 0.860 bits per heavy atom. The molecule has 278 valence electrons. The number of hydrogen-bond acceptors (Lipinski definition) is 10. The first-order valence-electron chi connectivity index (χ1n) is 18.5. The van der Waals surface area contributed by atoms with Crippen LogP contribution in [0.5, 0.6) is 0 Å². The Morgan fingerprint density at radius 1 is 0.560 bits per heavy atom. The molecule has 50 heavy (non-hydrogen) atoms. The molecule has 0 bridgehead atoms. The third-order valence-electron chi connectivity index (χ3n) is 8.79. The molecule has 0 fully saturated rings. The van der Waals surface area contributed by atoms with Crippen LogP contribution in [0.25, 0.3) is 0 Å². The zero-order valence-corrected chi connectivity index (χ0v) is 30.6. The summed E-state index contributed by atoms with van der Waals surface area (Å²) in [5.41, 5.74) is 1.98. The van der Waals surface area contributed by atoms with Gasteiger partial charge < -0.3 is 9.47 Å². The Kier molecular flexibility index (Phi) is 20.5. The van der Waals surface area contributed by atoms with Gasteiger partial charge in [-0.2, -0.15) is 0 Å². The SMILES string of the molecule is CCCCN(CCCC)C(CCCc1ccc([N+](=O)[O-])cc1)OC(=O)C(=O)OC(CCCc1ccc([N+](=O)[O-])cc1)N(CCCC)CCCC. The van der Waals surface area contributed by atoms with Gasteiger partial charge in [0.25, 0.3) is 11.4 Å². The van der Waals surface area contributed by atoms with Crippen LogP contribution in [0.15, 0.2) is 48.5 Å². The number of nitro benzene ring substituents is 2.